The lowest BCUT2D eigenvalue weighted by molar-refractivity contribution is -0.163. The van der Waals surface area contributed by atoms with Gasteiger partial charge in [-0.25, -0.2) is 0 Å². The van der Waals surface area contributed by atoms with E-state index in [9.17, 15) is 9.59 Å². The van der Waals surface area contributed by atoms with Gasteiger partial charge in [0.15, 0.2) is 0 Å². The fourth-order valence-electron chi connectivity index (χ4n) is 4.24. The molecule has 2 unspecified atom stereocenters. The molecule has 0 N–H and O–H groups in total. The summed E-state index contributed by atoms with van der Waals surface area (Å²) in [6.45, 7) is 3.12. The van der Waals surface area contributed by atoms with Crippen LogP contribution in [0.5, 0.6) is 0 Å². The van der Waals surface area contributed by atoms with Gasteiger partial charge < -0.3 is 9.47 Å². The second-order valence-electron chi connectivity index (χ2n) is 7.83. The Morgan fingerprint density at radius 2 is 1.32 bits per heavy atom. The number of rotatable bonds is 9. The number of hydrogen-bond acceptors (Lipinski definition) is 4. The van der Waals surface area contributed by atoms with Crippen LogP contribution in [-0.4, -0.2) is 25.2 Å². The molecule has 0 aromatic heterocycles. The Kier molecular flexibility index (Phi) is 9.35. The monoisotopic (exact) mass is 352 g/mol. The first-order chi connectivity index (χ1) is 12.2. The summed E-state index contributed by atoms with van der Waals surface area (Å²) >= 11 is 0. The Hall–Kier alpha value is -1.06. The van der Waals surface area contributed by atoms with Gasteiger partial charge in [-0.1, -0.05) is 64.7 Å². The molecule has 0 radical (unpaired) electrons. The molecular formula is C21H36O4. The second-order valence-corrected chi connectivity index (χ2v) is 7.83. The largest absolute Gasteiger partial charge is 0.465 e. The van der Waals surface area contributed by atoms with Crippen LogP contribution in [0.2, 0.25) is 0 Å². The Bertz CT molecular complexity index is 401. The van der Waals surface area contributed by atoms with Crippen molar-refractivity contribution in [2.75, 3.05) is 13.2 Å². The van der Waals surface area contributed by atoms with Gasteiger partial charge in [0.2, 0.25) is 0 Å². The van der Waals surface area contributed by atoms with Gasteiger partial charge in [-0.3, -0.25) is 9.59 Å². The van der Waals surface area contributed by atoms with Crippen molar-refractivity contribution in [3.8, 4) is 0 Å². The third-order valence-corrected chi connectivity index (χ3v) is 5.86. The zero-order valence-electron chi connectivity index (χ0n) is 16.0. The van der Waals surface area contributed by atoms with Crippen LogP contribution >= 0.6 is 0 Å². The molecule has 2 aliphatic rings. The molecule has 0 spiro atoms. The summed E-state index contributed by atoms with van der Waals surface area (Å²) in [6.07, 6.45) is 14.1. The van der Waals surface area contributed by atoms with E-state index in [4.69, 9.17) is 9.47 Å². The Morgan fingerprint density at radius 3 is 1.92 bits per heavy atom. The highest BCUT2D eigenvalue weighted by Gasteiger charge is 2.37. The molecule has 4 nitrogen and oxygen atoms in total. The van der Waals surface area contributed by atoms with E-state index >= 15 is 0 Å². The van der Waals surface area contributed by atoms with Gasteiger partial charge in [-0.05, 0) is 31.6 Å². The molecule has 2 fully saturated rings. The van der Waals surface area contributed by atoms with Crippen molar-refractivity contribution in [1.29, 1.82) is 0 Å². The molecule has 0 amide bonds. The lowest BCUT2D eigenvalue weighted by Crippen LogP contribution is -2.35. The molecule has 4 heteroatoms. The third kappa shape index (κ3) is 6.99. The Morgan fingerprint density at radius 1 is 0.760 bits per heavy atom. The van der Waals surface area contributed by atoms with E-state index < -0.39 is 0 Å². The molecule has 0 aliphatic heterocycles. The van der Waals surface area contributed by atoms with Gasteiger partial charge in [-0.2, -0.15) is 0 Å². The average Bonchev–Trinajstić information content (AvgIpc) is 2.66. The van der Waals surface area contributed by atoms with Crippen LogP contribution in [0.15, 0.2) is 0 Å². The van der Waals surface area contributed by atoms with Crippen molar-refractivity contribution in [2.45, 2.75) is 90.4 Å². The molecule has 2 rings (SSSR count). The van der Waals surface area contributed by atoms with E-state index in [0.29, 0.717) is 19.1 Å². The first kappa shape index (κ1) is 20.3. The predicted molar refractivity (Wildman–Crippen MR) is 98.1 cm³/mol. The number of ether oxygens (including phenoxy) is 2. The van der Waals surface area contributed by atoms with Crippen molar-refractivity contribution in [3.05, 3.63) is 0 Å². The molecule has 144 valence electrons. The highest BCUT2D eigenvalue weighted by Crippen LogP contribution is 2.32. The number of carbonyl (C=O) groups is 2. The van der Waals surface area contributed by atoms with Gasteiger partial charge in [-0.15, -0.1) is 0 Å². The van der Waals surface area contributed by atoms with E-state index in [0.717, 1.165) is 51.4 Å². The normalized spacial score (nSPS) is 24.7. The quantitative estimate of drug-likeness (QED) is 0.431. The summed E-state index contributed by atoms with van der Waals surface area (Å²) in [6, 6.07) is 0. The fraction of sp³-hybridized carbons (Fsp3) is 0.905. The van der Waals surface area contributed by atoms with E-state index in [1.807, 2.05) is 0 Å². The SMILES string of the molecule is CCCCCOC(=O)C1CCCCC1C(=O)OCCC1CCCCC1. The van der Waals surface area contributed by atoms with Crippen molar-refractivity contribution in [2.24, 2.45) is 17.8 Å². The zero-order valence-corrected chi connectivity index (χ0v) is 16.0. The first-order valence-electron chi connectivity index (χ1n) is 10.6. The van der Waals surface area contributed by atoms with E-state index in [1.54, 1.807) is 0 Å². The molecule has 2 atom stereocenters. The molecule has 25 heavy (non-hydrogen) atoms. The van der Waals surface area contributed by atoms with Crippen molar-refractivity contribution >= 4 is 11.9 Å². The maximum atomic E-state index is 12.5. The first-order valence-corrected chi connectivity index (χ1v) is 10.6. The Balaban J connectivity index is 1.73. The van der Waals surface area contributed by atoms with E-state index in [1.165, 1.54) is 32.1 Å². The molecule has 0 heterocycles. The number of carbonyl (C=O) groups excluding carboxylic acids is 2. The molecule has 2 aliphatic carbocycles. The van der Waals surface area contributed by atoms with Crippen LogP contribution < -0.4 is 0 Å². The highest BCUT2D eigenvalue weighted by atomic mass is 16.5. The second kappa shape index (κ2) is 11.5. The molecule has 0 aromatic rings. The van der Waals surface area contributed by atoms with Gasteiger partial charge >= 0.3 is 11.9 Å². The van der Waals surface area contributed by atoms with Crippen LogP contribution in [-0.2, 0) is 19.1 Å². The van der Waals surface area contributed by atoms with Crippen LogP contribution in [0.1, 0.15) is 90.4 Å². The standard InChI is InChI=1S/C21H36O4/c1-2-3-9-15-24-20(22)18-12-7-8-13-19(18)21(23)25-16-14-17-10-5-4-6-11-17/h17-19H,2-16H2,1H3. The minimum absolute atomic E-state index is 0.175. The topological polar surface area (TPSA) is 52.6 Å². The van der Waals surface area contributed by atoms with Crippen LogP contribution in [0.25, 0.3) is 0 Å². The van der Waals surface area contributed by atoms with Gasteiger partial charge in [0.25, 0.3) is 0 Å². The zero-order chi connectivity index (χ0) is 17.9. The summed E-state index contributed by atoms with van der Waals surface area (Å²) in [7, 11) is 0. The van der Waals surface area contributed by atoms with Crippen molar-refractivity contribution < 1.29 is 19.1 Å². The van der Waals surface area contributed by atoms with E-state index in [-0.39, 0.29) is 23.8 Å². The lowest BCUT2D eigenvalue weighted by atomic mass is 9.79. The highest BCUT2D eigenvalue weighted by molar-refractivity contribution is 5.82. The smallest absolute Gasteiger partial charge is 0.309 e. The minimum Gasteiger partial charge on any atom is -0.465 e. The van der Waals surface area contributed by atoms with Crippen LogP contribution in [0.4, 0.5) is 0 Å². The van der Waals surface area contributed by atoms with Crippen LogP contribution in [0.3, 0.4) is 0 Å². The maximum absolute atomic E-state index is 12.5. The van der Waals surface area contributed by atoms with Gasteiger partial charge in [0.1, 0.15) is 0 Å². The maximum Gasteiger partial charge on any atom is 0.309 e. The molecule has 2 saturated carbocycles. The minimum atomic E-state index is -0.294. The summed E-state index contributed by atoms with van der Waals surface area (Å²) in [4.78, 5) is 24.9. The van der Waals surface area contributed by atoms with Gasteiger partial charge in [0, 0.05) is 0 Å². The molecule has 0 bridgehead atoms. The van der Waals surface area contributed by atoms with E-state index in [2.05, 4.69) is 6.92 Å². The summed E-state index contributed by atoms with van der Waals surface area (Å²) in [5.41, 5.74) is 0. The molecule has 0 saturated heterocycles. The predicted octanol–water partition coefficient (Wildman–Crippen LogP) is 5.04. The summed E-state index contributed by atoms with van der Waals surface area (Å²) < 4.78 is 11.0. The summed E-state index contributed by atoms with van der Waals surface area (Å²) in [5, 5.41) is 0. The third-order valence-electron chi connectivity index (χ3n) is 5.86. The number of hydrogen-bond donors (Lipinski definition) is 0. The molecule has 0 aromatic carbocycles. The number of esters is 2. The van der Waals surface area contributed by atoms with Crippen molar-refractivity contribution in [1.82, 2.24) is 0 Å². The lowest BCUT2D eigenvalue weighted by Gasteiger charge is -2.28. The average molecular weight is 353 g/mol. The Labute approximate surface area is 153 Å². The molecular weight excluding hydrogens is 316 g/mol. The fourth-order valence-corrected chi connectivity index (χ4v) is 4.24. The number of unbranched alkanes of at least 4 members (excludes halogenated alkanes) is 2. The van der Waals surface area contributed by atoms with Crippen molar-refractivity contribution in [3.63, 3.8) is 0 Å². The summed E-state index contributed by atoms with van der Waals surface area (Å²) in [5.74, 6) is -0.236. The van der Waals surface area contributed by atoms with Crippen LogP contribution in [0, 0.1) is 17.8 Å². The van der Waals surface area contributed by atoms with Gasteiger partial charge in [0.05, 0.1) is 25.0 Å².